The second-order valence-corrected chi connectivity index (χ2v) is 4.03. The number of aromatic nitrogens is 2. The molecule has 0 aromatic carbocycles. The summed E-state index contributed by atoms with van der Waals surface area (Å²) in [5, 5.41) is 12.5. The maximum absolute atomic E-state index is 10.9. The van der Waals surface area contributed by atoms with E-state index in [1.54, 1.807) is 26.4 Å². The van der Waals surface area contributed by atoms with Crippen LogP contribution in [-0.2, 0) is 4.79 Å². The van der Waals surface area contributed by atoms with Crippen molar-refractivity contribution in [2.75, 3.05) is 12.8 Å². The van der Waals surface area contributed by atoms with E-state index in [0.29, 0.717) is 5.75 Å². The van der Waals surface area contributed by atoms with Crippen LogP contribution in [0.15, 0.2) is 17.6 Å². The zero-order chi connectivity index (χ0) is 10.6. The van der Waals surface area contributed by atoms with E-state index in [1.807, 2.05) is 0 Å². The topological polar surface area (TPSA) is 78.0 Å². The number of hydrogen-bond donors (Lipinski definition) is 3. The number of H-pyrrole nitrogens is 1. The molecule has 14 heavy (non-hydrogen) atoms. The number of imidazole rings is 1. The zero-order valence-corrected chi connectivity index (χ0v) is 8.89. The highest BCUT2D eigenvalue weighted by molar-refractivity contribution is 7.99. The Labute approximate surface area is 86.3 Å². The van der Waals surface area contributed by atoms with Crippen molar-refractivity contribution in [3.8, 4) is 0 Å². The molecule has 0 amide bonds. The normalized spacial score (nSPS) is 15.0. The Balaban J connectivity index is 2.54. The summed E-state index contributed by atoms with van der Waals surface area (Å²) in [5.41, 5.74) is -0.919. The molecule has 1 heterocycles. The lowest BCUT2D eigenvalue weighted by Gasteiger charge is -2.22. The molecule has 0 bridgehead atoms. The molecular formula is C8H13N3O2S. The molecule has 1 atom stereocenters. The summed E-state index contributed by atoms with van der Waals surface area (Å²) in [6.45, 7) is 1.64. The molecule has 6 heteroatoms. The molecule has 1 aromatic rings. The van der Waals surface area contributed by atoms with Crippen LogP contribution in [0.2, 0.25) is 0 Å². The number of nitrogens with zero attached hydrogens (tertiary/aromatic N) is 1. The molecule has 0 spiro atoms. The third kappa shape index (κ3) is 2.49. The number of rotatable bonds is 5. The predicted octanol–water partition coefficient (Wildman–Crippen LogP) is 0.564. The van der Waals surface area contributed by atoms with Crippen LogP contribution in [0.25, 0.3) is 0 Å². The first kappa shape index (κ1) is 11.1. The Hall–Kier alpha value is -1.01. The first-order valence-electron chi connectivity index (χ1n) is 4.13. The van der Waals surface area contributed by atoms with Crippen LogP contribution in [0.1, 0.15) is 6.92 Å². The first-order valence-corrected chi connectivity index (χ1v) is 5.11. The van der Waals surface area contributed by atoms with Crippen molar-refractivity contribution in [3.63, 3.8) is 0 Å². The molecular weight excluding hydrogens is 202 g/mol. The van der Waals surface area contributed by atoms with Crippen LogP contribution in [0.4, 0.5) is 0 Å². The van der Waals surface area contributed by atoms with Gasteiger partial charge in [-0.05, 0) is 14.0 Å². The summed E-state index contributed by atoms with van der Waals surface area (Å²) in [4.78, 5) is 17.8. The van der Waals surface area contributed by atoms with E-state index in [0.717, 1.165) is 5.16 Å². The lowest BCUT2D eigenvalue weighted by atomic mass is 10.1. The monoisotopic (exact) mass is 215 g/mol. The molecule has 1 aromatic heterocycles. The number of carboxylic acid groups (broad SMARTS) is 1. The highest BCUT2D eigenvalue weighted by Gasteiger charge is 2.31. The highest BCUT2D eigenvalue weighted by atomic mass is 32.2. The van der Waals surface area contributed by atoms with Crippen molar-refractivity contribution in [3.05, 3.63) is 12.4 Å². The molecule has 1 unspecified atom stereocenters. The molecule has 0 aliphatic rings. The van der Waals surface area contributed by atoms with Gasteiger partial charge in [0.05, 0.1) is 0 Å². The minimum absolute atomic E-state index is 0.423. The second-order valence-electron chi connectivity index (χ2n) is 3.07. The lowest BCUT2D eigenvalue weighted by Crippen LogP contribution is -2.49. The minimum Gasteiger partial charge on any atom is -0.480 e. The van der Waals surface area contributed by atoms with E-state index in [-0.39, 0.29) is 0 Å². The number of aromatic amines is 1. The Bertz CT molecular complexity index is 302. The van der Waals surface area contributed by atoms with Gasteiger partial charge in [0.25, 0.3) is 0 Å². The fraction of sp³-hybridized carbons (Fsp3) is 0.500. The number of carbonyl (C=O) groups is 1. The van der Waals surface area contributed by atoms with Crippen LogP contribution >= 0.6 is 11.8 Å². The molecule has 0 saturated heterocycles. The first-order chi connectivity index (χ1) is 6.58. The van der Waals surface area contributed by atoms with Crippen molar-refractivity contribution in [1.29, 1.82) is 0 Å². The molecule has 5 nitrogen and oxygen atoms in total. The van der Waals surface area contributed by atoms with Crippen molar-refractivity contribution in [2.45, 2.75) is 17.6 Å². The maximum Gasteiger partial charge on any atom is 0.324 e. The third-order valence-electron chi connectivity index (χ3n) is 1.99. The third-order valence-corrected chi connectivity index (χ3v) is 3.21. The van der Waals surface area contributed by atoms with E-state index in [9.17, 15) is 4.79 Å². The van der Waals surface area contributed by atoms with Gasteiger partial charge in [-0.2, -0.15) is 0 Å². The minimum atomic E-state index is -0.919. The molecule has 78 valence electrons. The summed E-state index contributed by atoms with van der Waals surface area (Å²) < 4.78 is 0. The van der Waals surface area contributed by atoms with Gasteiger partial charge >= 0.3 is 5.97 Å². The van der Waals surface area contributed by atoms with E-state index in [4.69, 9.17) is 5.11 Å². The summed E-state index contributed by atoms with van der Waals surface area (Å²) >= 11 is 1.38. The summed E-state index contributed by atoms with van der Waals surface area (Å²) in [6, 6.07) is 0. The second kappa shape index (κ2) is 4.47. The quantitative estimate of drug-likeness (QED) is 0.626. The van der Waals surface area contributed by atoms with Gasteiger partial charge in [0, 0.05) is 18.1 Å². The van der Waals surface area contributed by atoms with Crippen molar-refractivity contribution >= 4 is 17.7 Å². The van der Waals surface area contributed by atoms with Crippen LogP contribution in [0, 0.1) is 0 Å². The molecule has 0 aliphatic carbocycles. The van der Waals surface area contributed by atoms with Crippen molar-refractivity contribution < 1.29 is 9.90 Å². The number of aliphatic carboxylic acids is 1. The van der Waals surface area contributed by atoms with Gasteiger partial charge < -0.3 is 15.4 Å². The molecule has 0 aliphatic heterocycles. The Kier molecular flexibility index (Phi) is 3.54. The lowest BCUT2D eigenvalue weighted by molar-refractivity contribution is -0.142. The van der Waals surface area contributed by atoms with Gasteiger partial charge in [0.2, 0.25) is 0 Å². The average Bonchev–Trinajstić information content (AvgIpc) is 2.66. The van der Waals surface area contributed by atoms with Crippen molar-refractivity contribution in [2.24, 2.45) is 0 Å². The smallest absolute Gasteiger partial charge is 0.324 e. The van der Waals surface area contributed by atoms with Gasteiger partial charge in [-0.25, -0.2) is 4.98 Å². The number of likely N-dealkylation sites (N-methyl/N-ethyl adjacent to an activating group) is 1. The van der Waals surface area contributed by atoms with Crippen LogP contribution in [-0.4, -0.2) is 39.4 Å². The van der Waals surface area contributed by atoms with E-state index >= 15 is 0 Å². The Morgan fingerprint density at radius 3 is 3.00 bits per heavy atom. The standard InChI is InChI=1S/C8H13N3O2S/c1-8(9-2,6(12)13)5-14-7-10-3-4-11-7/h3-4,9H,5H2,1-2H3,(H,10,11)(H,12,13). The maximum atomic E-state index is 10.9. The molecule has 3 N–H and O–H groups in total. The number of carboxylic acids is 1. The average molecular weight is 215 g/mol. The SMILES string of the molecule is CNC(C)(CSc1ncc[nH]1)C(=O)O. The van der Waals surface area contributed by atoms with Crippen LogP contribution in [0.3, 0.4) is 0 Å². The largest absolute Gasteiger partial charge is 0.480 e. The summed E-state index contributed by atoms with van der Waals surface area (Å²) in [7, 11) is 1.64. The molecule has 1 rings (SSSR count). The predicted molar refractivity (Wildman–Crippen MR) is 54.4 cm³/mol. The fourth-order valence-electron chi connectivity index (χ4n) is 0.783. The van der Waals surface area contributed by atoms with Gasteiger partial charge in [0.1, 0.15) is 5.54 Å². The van der Waals surface area contributed by atoms with E-state index in [1.165, 1.54) is 11.8 Å². The number of nitrogens with one attached hydrogen (secondary N) is 2. The van der Waals surface area contributed by atoms with Gasteiger partial charge in [-0.15, -0.1) is 0 Å². The molecule has 0 saturated carbocycles. The van der Waals surface area contributed by atoms with E-state index < -0.39 is 11.5 Å². The summed E-state index contributed by atoms with van der Waals surface area (Å²) in [6.07, 6.45) is 3.35. The van der Waals surface area contributed by atoms with Gasteiger partial charge in [-0.3, -0.25) is 4.79 Å². The van der Waals surface area contributed by atoms with E-state index in [2.05, 4.69) is 15.3 Å². The van der Waals surface area contributed by atoms with Crippen molar-refractivity contribution in [1.82, 2.24) is 15.3 Å². The van der Waals surface area contributed by atoms with Crippen LogP contribution in [0.5, 0.6) is 0 Å². The molecule has 0 radical (unpaired) electrons. The zero-order valence-electron chi connectivity index (χ0n) is 8.07. The van der Waals surface area contributed by atoms with Gasteiger partial charge in [0.15, 0.2) is 5.16 Å². The Morgan fingerprint density at radius 1 is 1.86 bits per heavy atom. The summed E-state index contributed by atoms with van der Waals surface area (Å²) in [5.74, 6) is -0.439. The Morgan fingerprint density at radius 2 is 2.57 bits per heavy atom. The number of thioether (sulfide) groups is 1. The van der Waals surface area contributed by atoms with Crippen LogP contribution < -0.4 is 5.32 Å². The fourth-order valence-corrected chi connectivity index (χ4v) is 1.76. The highest BCUT2D eigenvalue weighted by Crippen LogP contribution is 2.18. The molecule has 0 fully saturated rings. The van der Waals surface area contributed by atoms with Gasteiger partial charge in [-0.1, -0.05) is 11.8 Å². The number of hydrogen-bond acceptors (Lipinski definition) is 4.